The Kier molecular flexibility index (Phi) is 5.50. The molecule has 1 rings (SSSR count). The summed E-state index contributed by atoms with van der Waals surface area (Å²) < 4.78 is 0. The molecule has 0 bridgehead atoms. The molecule has 2 N–H and O–H groups in total. The van der Waals surface area contributed by atoms with E-state index in [9.17, 15) is 4.79 Å². The fraction of sp³-hybridized carbons (Fsp3) is 0.538. The SMILES string of the molecule is C=CCNC(=O)C(C)NC(C)c1sc(C)nc1C. The van der Waals surface area contributed by atoms with Crippen LogP contribution in [0.5, 0.6) is 0 Å². The zero-order valence-corrected chi connectivity index (χ0v) is 12.2. The first-order valence-electron chi connectivity index (χ1n) is 6.04. The minimum absolute atomic E-state index is 0.0133. The van der Waals surface area contributed by atoms with E-state index in [1.807, 2.05) is 20.8 Å². The Labute approximate surface area is 113 Å². The van der Waals surface area contributed by atoms with E-state index in [0.717, 1.165) is 10.7 Å². The maximum atomic E-state index is 11.7. The number of amides is 1. The normalized spacial score (nSPS) is 14.0. The Hall–Kier alpha value is -1.20. The topological polar surface area (TPSA) is 54.0 Å². The Morgan fingerprint density at radius 1 is 1.50 bits per heavy atom. The molecule has 0 aliphatic heterocycles. The second-order valence-corrected chi connectivity index (χ2v) is 5.56. The lowest BCUT2D eigenvalue weighted by Crippen LogP contribution is -2.43. The Balaban J connectivity index is 2.58. The molecule has 0 fully saturated rings. The van der Waals surface area contributed by atoms with Crippen LogP contribution in [-0.4, -0.2) is 23.5 Å². The van der Waals surface area contributed by atoms with Crippen LogP contribution >= 0.6 is 11.3 Å². The van der Waals surface area contributed by atoms with E-state index in [0.29, 0.717) is 6.54 Å². The molecule has 0 aromatic carbocycles. The van der Waals surface area contributed by atoms with Gasteiger partial charge in [-0.25, -0.2) is 4.98 Å². The van der Waals surface area contributed by atoms with Crippen LogP contribution in [0.2, 0.25) is 0 Å². The first-order chi connectivity index (χ1) is 8.45. The lowest BCUT2D eigenvalue weighted by molar-refractivity contribution is -0.122. The van der Waals surface area contributed by atoms with Gasteiger partial charge in [0.2, 0.25) is 5.91 Å². The van der Waals surface area contributed by atoms with E-state index < -0.39 is 0 Å². The summed E-state index contributed by atoms with van der Waals surface area (Å²) >= 11 is 1.67. The quantitative estimate of drug-likeness (QED) is 0.776. The molecule has 0 saturated heterocycles. The number of rotatable bonds is 6. The molecular weight excluding hydrogens is 246 g/mol. The molecule has 100 valence electrons. The van der Waals surface area contributed by atoms with E-state index in [1.54, 1.807) is 17.4 Å². The van der Waals surface area contributed by atoms with Gasteiger partial charge in [-0.15, -0.1) is 17.9 Å². The molecule has 1 aromatic heterocycles. The first kappa shape index (κ1) is 14.9. The van der Waals surface area contributed by atoms with Gasteiger partial charge in [0.15, 0.2) is 0 Å². The van der Waals surface area contributed by atoms with Gasteiger partial charge in [-0.3, -0.25) is 10.1 Å². The van der Waals surface area contributed by atoms with E-state index in [1.165, 1.54) is 4.88 Å². The van der Waals surface area contributed by atoms with Gasteiger partial charge in [0.1, 0.15) is 0 Å². The van der Waals surface area contributed by atoms with Crippen molar-refractivity contribution in [3.8, 4) is 0 Å². The predicted octanol–water partition coefficient (Wildman–Crippen LogP) is 2.10. The van der Waals surface area contributed by atoms with Crippen LogP contribution in [0.25, 0.3) is 0 Å². The Morgan fingerprint density at radius 2 is 2.17 bits per heavy atom. The van der Waals surface area contributed by atoms with Crippen molar-refractivity contribution in [3.63, 3.8) is 0 Å². The van der Waals surface area contributed by atoms with Gasteiger partial charge in [-0.1, -0.05) is 6.08 Å². The molecule has 0 aliphatic rings. The summed E-state index contributed by atoms with van der Waals surface area (Å²) in [5.74, 6) is -0.0133. The smallest absolute Gasteiger partial charge is 0.237 e. The summed E-state index contributed by atoms with van der Waals surface area (Å²) in [6.45, 7) is 12.0. The number of aryl methyl sites for hydroxylation is 2. The molecule has 0 saturated carbocycles. The van der Waals surface area contributed by atoms with Crippen LogP contribution < -0.4 is 10.6 Å². The van der Waals surface area contributed by atoms with Gasteiger partial charge in [0.05, 0.1) is 16.7 Å². The number of nitrogens with zero attached hydrogens (tertiary/aromatic N) is 1. The van der Waals surface area contributed by atoms with Gasteiger partial charge in [0, 0.05) is 17.5 Å². The highest BCUT2D eigenvalue weighted by atomic mass is 32.1. The van der Waals surface area contributed by atoms with Crippen molar-refractivity contribution >= 4 is 17.2 Å². The molecule has 0 radical (unpaired) electrons. The van der Waals surface area contributed by atoms with Crippen LogP contribution in [0.15, 0.2) is 12.7 Å². The summed E-state index contributed by atoms with van der Waals surface area (Å²) in [4.78, 5) is 17.3. The molecule has 0 spiro atoms. The number of aromatic nitrogens is 1. The Morgan fingerprint density at radius 3 is 2.67 bits per heavy atom. The molecule has 2 atom stereocenters. The van der Waals surface area contributed by atoms with Crippen LogP contribution in [0.1, 0.15) is 35.5 Å². The van der Waals surface area contributed by atoms with Gasteiger partial charge in [-0.05, 0) is 27.7 Å². The van der Waals surface area contributed by atoms with Crippen molar-refractivity contribution in [1.82, 2.24) is 15.6 Å². The summed E-state index contributed by atoms with van der Waals surface area (Å²) in [5, 5.41) is 7.12. The zero-order valence-electron chi connectivity index (χ0n) is 11.4. The standard InChI is InChI=1S/C13H21N3OS/c1-6-7-14-13(17)10(4)15-8(2)12-9(3)16-11(5)18-12/h6,8,10,15H,1,7H2,2-5H3,(H,14,17). The lowest BCUT2D eigenvalue weighted by atomic mass is 10.2. The van der Waals surface area contributed by atoms with E-state index in [4.69, 9.17) is 0 Å². The first-order valence-corrected chi connectivity index (χ1v) is 6.86. The zero-order chi connectivity index (χ0) is 13.7. The number of thiazole rings is 1. The summed E-state index contributed by atoms with van der Waals surface area (Å²) in [6.07, 6.45) is 1.67. The molecule has 0 aliphatic carbocycles. The second kappa shape index (κ2) is 6.66. The summed E-state index contributed by atoms with van der Waals surface area (Å²) in [6, 6.07) is -0.109. The fourth-order valence-electron chi connectivity index (χ4n) is 1.80. The van der Waals surface area contributed by atoms with E-state index in [2.05, 4.69) is 29.1 Å². The summed E-state index contributed by atoms with van der Waals surface area (Å²) in [7, 11) is 0. The number of nitrogens with one attached hydrogen (secondary N) is 2. The predicted molar refractivity (Wildman–Crippen MR) is 75.8 cm³/mol. The third-order valence-electron chi connectivity index (χ3n) is 2.65. The van der Waals surface area contributed by atoms with Crippen molar-refractivity contribution in [2.75, 3.05) is 6.54 Å². The van der Waals surface area contributed by atoms with Crippen molar-refractivity contribution < 1.29 is 4.79 Å². The second-order valence-electron chi connectivity index (χ2n) is 4.33. The molecule has 2 unspecified atom stereocenters. The van der Waals surface area contributed by atoms with Crippen molar-refractivity contribution in [3.05, 3.63) is 28.2 Å². The van der Waals surface area contributed by atoms with Crippen molar-refractivity contribution in [1.29, 1.82) is 0 Å². The highest BCUT2D eigenvalue weighted by Gasteiger charge is 2.18. The molecule has 1 heterocycles. The fourth-order valence-corrected chi connectivity index (χ4v) is 2.74. The number of carbonyl (C=O) groups is 1. The van der Waals surface area contributed by atoms with Crippen molar-refractivity contribution in [2.24, 2.45) is 0 Å². The minimum Gasteiger partial charge on any atom is -0.351 e. The third-order valence-corrected chi connectivity index (χ3v) is 3.90. The highest BCUT2D eigenvalue weighted by molar-refractivity contribution is 7.11. The molecule has 1 aromatic rings. The van der Waals surface area contributed by atoms with Crippen LogP contribution in [-0.2, 0) is 4.79 Å². The van der Waals surface area contributed by atoms with Crippen molar-refractivity contribution in [2.45, 2.75) is 39.8 Å². The Bertz CT molecular complexity index is 428. The van der Waals surface area contributed by atoms with E-state index >= 15 is 0 Å². The molecule has 1 amide bonds. The maximum absolute atomic E-state index is 11.7. The average molecular weight is 267 g/mol. The largest absolute Gasteiger partial charge is 0.351 e. The summed E-state index contributed by atoms with van der Waals surface area (Å²) in [5.41, 5.74) is 1.04. The number of carbonyl (C=O) groups excluding carboxylic acids is 1. The van der Waals surface area contributed by atoms with Gasteiger partial charge in [0.25, 0.3) is 0 Å². The van der Waals surface area contributed by atoms with Crippen LogP contribution in [0.4, 0.5) is 0 Å². The average Bonchev–Trinajstić information content (AvgIpc) is 2.65. The number of hydrogen-bond donors (Lipinski definition) is 2. The van der Waals surface area contributed by atoms with Gasteiger partial charge in [-0.2, -0.15) is 0 Å². The minimum atomic E-state index is -0.234. The molecular formula is C13H21N3OS. The maximum Gasteiger partial charge on any atom is 0.237 e. The van der Waals surface area contributed by atoms with Crippen LogP contribution in [0, 0.1) is 13.8 Å². The molecule has 18 heavy (non-hydrogen) atoms. The van der Waals surface area contributed by atoms with Crippen LogP contribution in [0.3, 0.4) is 0 Å². The highest BCUT2D eigenvalue weighted by Crippen LogP contribution is 2.24. The third kappa shape index (κ3) is 3.92. The molecule has 4 nitrogen and oxygen atoms in total. The van der Waals surface area contributed by atoms with Gasteiger partial charge >= 0.3 is 0 Å². The monoisotopic (exact) mass is 267 g/mol. The van der Waals surface area contributed by atoms with Gasteiger partial charge < -0.3 is 5.32 Å². The number of hydrogen-bond acceptors (Lipinski definition) is 4. The lowest BCUT2D eigenvalue weighted by Gasteiger charge is -2.18. The molecule has 5 heteroatoms. The van der Waals surface area contributed by atoms with E-state index in [-0.39, 0.29) is 18.0 Å².